The van der Waals surface area contributed by atoms with Crippen molar-refractivity contribution in [3.63, 3.8) is 0 Å². The lowest BCUT2D eigenvalue weighted by molar-refractivity contribution is 0.0749. The summed E-state index contributed by atoms with van der Waals surface area (Å²) in [6.45, 7) is 9.47. The lowest BCUT2D eigenvalue weighted by Crippen LogP contribution is -2.36. The molecule has 0 aliphatic carbocycles. The smallest absolute Gasteiger partial charge is 0.225 e. The van der Waals surface area contributed by atoms with Crippen molar-refractivity contribution in [2.24, 2.45) is 0 Å². The van der Waals surface area contributed by atoms with E-state index in [0.29, 0.717) is 24.5 Å². The van der Waals surface area contributed by atoms with Crippen molar-refractivity contribution < 1.29 is 9.13 Å². The summed E-state index contributed by atoms with van der Waals surface area (Å²) in [5, 5.41) is 4.57. The maximum Gasteiger partial charge on any atom is 0.225 e. The standard InChI is InChI=1S/C20H26Cl2FN7OSi/c1-32(2,3)8-7-31-12-30-18(25-11-26-30)13-5-4-6-29(10-13)19-14-9-24-17(21)15(23)16(14)27-20(22)28-19/h9,11,13H,4-8,10,12H2,1-3H3. The first-order valence-corrected chi connectivity index (χ1v) is 15.1. The summed E-state index contributed by atoms with van der Waals surface area (Å²) in [6, 6.07) is 1.10. The lowest BCUT2D eigenvalue weighted by atomic mass is 9.97. The van der Waals surface area contributed by atoms with Gasteiger partial charge in [0.25, 0.3) is 0 Å². The molecule has 12 heteroatoms. The van der Waals surface area contributed by atoms with Crippen LogP contribution in [0, 0.1) is 5.82 Å². The number of piperidine rings is 1. The lowest BCUT2D eigenvalue weighted by Gasteiger charge is -2.33. The van der Waals surface area contributed by atoms with Gasteiger partial charge in [-0.1, -0.05) is 31.2 Å². The number of ether oxygens (including phenoxy) is 1. The fourth-order valence-electron chi connectivity index (χ4n) is 3.83. The second-order valence-corrected chi connectivity index (χ2v) is 15.5. The Labute approximate surface area is 197 Å². The topological polar surface area (TPSA) is 81.9 Å². The van der Waals surface area contributed by atoms with Gasteiger partial charge in [-0.05, 0) is 30.5 Å². The number of aromatic nitrogens is 6. The van der Waals surface area contributed by atoms with Gasteiger partial charge in [0, 0.05) is 39.9 Å². The molecule has 1 fully saturated rings. The Kier molecular flexibility index (Phi) is 6.94. The maximum atomic E-state index is 14.5. The van der Waals surface area contributed by atoms with Crippen LogP contribution in [-0.2, 0) is 11.5 Å². The van der Waals surface area contributed by atoms with Gasteiger partial charge >= 0.3 is 0 Å². The van der Waals surface area contributed by atoms with E-state index in [2.05, 4.69) is 49.6 Å². The van der Waals surface area contributed by atoms with Gasteiger partial charge in [-0.2, -0.15) is 10.1 Å². The second kappa shape index (κ2) is 9.54. The Morgan fingerprint density at radius 3 is 2.81 bits per heavy atom. The van der Waals surface area contributed by atoms with Crippen molar-refractivity contribution in [2.75, 3.05) is 24.6 Å². The summed E-state index contributed by atoms with van der Waals surface area (Å²) in [4.78, 5) is 18.9. The summed E-state index contributed by atoms with van der Waals surface area (Å²) >= 11 is 11.9. The molecule has 1 saturated heterocycles. The highest BCUT2D eigenvalue weighted by molar-refractivity contribution is 6.76. The highest BCUT2D eigenvalue weighted by Gasteiger charge is 2.28. The molecule has 0 N–H and O–H groups in total. The molecule has 1 unspecified atom stereocenters. The SMILES string of the molecule is C[Si](C)(C)CCOCn1ncnc1C1CCCN(c2nc(Cl)nc3c(F)c(Cl)ncc23)C1. The van der Waals surface area contributed by atoms with Crippen molar-refractivity contribution in [3.8, 4) is 0 Å². The highest BCUT2D eigenvalue weighted by Crippen LogP contribution is 2.33. The molecule has 32 heavy (non-hydrogen) atoms. The maximum absolute atomic E-state index is 14.5. The number of fused-ring (bicyclic) bond motifs is 1. The Balaban J connectivity index is 1.53. The molecular weight excluding hydrogens is 472 g/mol. The van der Waals surface area contributed by atoms with Crippen LogP contribution in [0.3, 0.4) is 0 Å². The number of hydrogen-bond donors (Lipinski definition) is 0. The van der Waals surface area contributed by atoms with E-state index < -0.39 is 13.9 Å². The molecule has 1 atom stereocenters. The molecule has 0 saturated carbocycles. The third-order valence-corrected chi connectivity index (χ3v) is 7.67. The molecule has 3 aromatic heterocycles. The number of anilines is 1. The third kappa shape index (κ3) is 5.19. The summed E-state index contributed by atoms with van der Waals surface area (Å²) in [7, 11) is -1.15. The summed E-state index contributed by atoms with van der Waals surface area (Å²) in [5.41, 5.74) is 0.0705. The normalized spacial score (nSPS) is 17.3. The van der Waals surface area contributed by atoms with E-state index in [1.54, 1.807) is 6.33 Å². The van der Waals surface area contributed by atoms with E-state index in [9.17, 15) is 4.39 Å². The average molecular weight is 498 g/mol. The molecule has 0 bridgehead atoms. The predicted molar refractivity (Wildman–Crippen MR) is 126 cm³/mol. The van der Waals surface area contributed by atoms with Gasteiger partial charge in [0.1, 0.15) is 30.2 Å². The molecule has 0 amide bonds. The van der Waals surface area contributed by atoms with Crippen molar-refractivity contribution in [2.45, 2.75) is 51.2 Å². The largest absolute Gasteiger partial charge is 0.359 e. The molecule has 4 heterocycles. The fourth-order valence-corrected chi connectivity index (χ4v) is 4.89. The molecule has 3 aromatic rings. The van der Waals surface area contributed by atoms with E-state index in [-0.39, 0.29) is 21.9 Å². The van der Waals surface area contributed by atoms with E-state index in [4.69, 9.17) is 27.9 Å². The Morgan fingerprint density at radius 1 is 1.22 bits per heavy atom. The Hall–Kier alpha value is -1.88. The van der Waals surface area contributed by atoms with Gasteiger partial charge in [-0.3, -0.25) is 0 Å². The minimum absolute atomic E-state index is 0.0326. The van der Waals surface area contributed by atoms with Crippen LogP contribution >= 0.6 is 23.2 Å². The number of nitrogens with zero attached hydrogens (tertiary/aromatic N) is 7. The van der Waals surface area contributed by atoms with Gasteiger partial charge < -0.3 is 9.64 Å². The molecule has 0 spiro atoms. The first kappa shape index (κ1) is 23.3. The van der Waals surface area contributed by atoms with Crippen LogP contribution < -0.4 is 4.90 Å². The molecule has 0 aromatic carbocycles. The zero-order valence-corrected chi connectivity index (χ0v) is 20.9. The van der Waals surface area contributed by atoms with Crippen LogP contribution in [-0.4, -0.2) is 57.5 Å². The van der Waals surface area contributed by atoms with Crippen LogP contribution in [0.25, 0.3) is 10.9 Å². The van der Waals surface area contributed by atoms with Gasteiger partial charge in [0.2, 0.25) is 5.28 Å². The molecular formula is C20H26Cl2FN7OSi. The number of halogens is 3. The quantitative estimate of drug-likeness (QED) is 0.201. The molecule has 8 nitrogen and oxygen atoms in total. The molecule has 1 aliphatic rings. The molecule has 4 rings (SSSR count). The van der Waals surface area contributed by atoms with Crippen molar-refractivity contribution >= 4 is 48.0 Å². The van der Waals surface area contributed by atoms with Crippen molar-refractivity contribution in [1.82, 2.24) is 29.7 Å². The molecule has 0 radical (unpaired) electrons. The fraction of sp³-hybridized carbons (Fsp3) is 0.550. The monoisotopic (exact) mass is 497 g/mol. The third-order valence-electron chi connectivity index (χ3n) is 5.54. The predicted octanol–water partition coefficient (Wildman–Crippen LogP) is 4.76. The Morgan fingerprint density at radius 2 is 2.03 bits per heavy atom. The minimum Gasteiger partial charge on any atom is -0.359 e. The zero-order chi connectivity index (χ0) is 22.9. The number of rotatable bonds is 7. The van der Waals surface area contributed by atoms with E-state index in [1.165, 1.54) is 6.20 Å². The summed E-state index contributed by atoms with van der Waals surface area (Å²) in [6.07, 6.45) is 4.93. The van der Waals surface area contributed by atoms with Crippen LogP contribution in [0.5, 0.6) is 0 Å². The highest BCUT2D eigenvalue weighted by atomic mass is 35.5. The van der Waals surface area contributed by atoms with E-state index in [1.807, 2.05) is 4.68 Å². The first-order valence-electron chi connectivity index (χ1n) is 10.6. The van der Waals surface area contributed by atoms with E-state index >= 15 is 0 Å². The van der Waals surface area contributed by atoms with Crippen molar-refractivity contribution in [3.05, 3.63) is 34.6 Å². The van der Waals surface area contributed by atoms with Gasteiger partial charge in [0.15, 0.2) is 11.0 Å². The van der Waals surface area contributed by atoms with E-state index in [0.717, 1.165) is 37.9 Å². The first-order chi connectivity index (χ1) is 15.2. The molecule has 172 valence electrons. The molecule has 1 aliphatic heterocycles. The van der Waals surface area contributed by atoms with Crippen molar-refractivity contribution in [1.29, 1.82) is 0 Å². The summed E-state index contributed by atoms with van der Waals surface area (Å²) in [5.74, 6) is 0.851. The number of pyridine rings is 1. The van der Waals surface area contributed by atoms with Crippen LogP contribution in [0.1, 0.15) is 24.6 Å². The van der Waals surface area contributed by atoms with Crippen LogP contribution in [0.2, 0.25) is 36.1 Å². The van der Waals surface area contributed by atoms with Gasteiger partial charge in [0.05, 0.1) is 5.39 Å². The number of hydrogen-bond acceptors (Lipinski definition) is 7. The summed E-state index contributed by atoms with van der Waals surface area (Å²) < 4.78 is 22.2. The Bertz CT molecular complexity index is 1110. The minimum atomic E-state index is -1.15. The average Bonchev–Trinajstić information content (AvgIpc) is 3.22. The zero-order valence-electron chi connectivity index (χ0n) is 18.4. The van der Waals surface area contributed by atoms with Crippen LogP contribution in [0.15, 0.2) is 12.5 Å². The van der Waals surface area contributed by atoms with Gasteiger partial charge in [-0.15, -0.1) is 0 Å². The second-order valence-electron chi connectivity index (χ2n) is 9.19. The van der Waals surface area contributed by atoms with Crippen LogP contribution in [0.4, 0.5) is 10.2 Å². The van der Waals surface area contributed by atoms with Gasteiger partial charge in [-0.25, -0.2) is 24.0 Å².